The van der Waals surface area contributed by atoms with Crippen LogP contribution in [-0.4, -0.2) is 31.7 Å². The molecule has 0 atom stereocenters. The lowest BCUT2D eigenvalue weighted by atomic mass is 9.97. The smallest absolute Gasteiger partial charge is 0.239 e. The molecule has 0 aliphatic rings. The van der Waals surface area contributed by atoms with Gasteiger partial charge in [-0.05, 0) is 36.6 Å². The highest BCUT2D eigenvalue weighted by molar-refractivity contribution is 7.92. The Morgan fingerprint density at radius 1 is 1.17 bits per heavy atom. The molecular formula is C17H22FN3O2S. The van der Waals surface area contributed by atoms with Gasteiger partial charge in [0.1, 0.15) is 5.82 Å². The zero-order valence-electron chi connectivity index (χ0n) is 14.5. The van der Waals surface area contributed by atoms with Crippen molar-refractivity contribution in [2.45, 2.75) is 33.1 Å². The third-order valence-electron chi connectivity index (χ3n) is 3.82. The SMILES string of the molecule is CCc1c(-c2ccc(F)cc2)nc(N(C)S(C)(=O)=O)nc1C(C)C. The van der Waals surface area contributed by atoms with E-state index >= 15 is 0 Å². The minimum Gasteiger partial charge on any atom is -0.241 e. The lowest BCUT2D eigenvalue weighted by Crippen LogP contribution is -2.27. The number of aromatic nitrogens is 2. The molecule has 7 heteroatoms. The summed E-state index contributed by atoms with van der Waals surface area (Å²) in [5.41, 5.74) is 3.13. The first-order valence-corrected chi connectivity index (χ1v) is 9.60. The van der Waals surface area contributed by atoms with Gasteiger partial charge in [0.15, 0.2) is 0 Å². The van der Waals surface area contributed by atoms with Gasteiger partial charge >= 0.3 is 0 Å². The van der Waals surface area contributed by atoms with Crippen LogP contribution in [0.2, 0.25) is 0 Å². The summed E-state index contributed by atoms with van der Waals surface area (Å²) in [6, 6.07) is 6.02. The van der Waals surface area contributed by atoms with Crippen LogP contribution in [0, 0.1) is 5.82 Å². The molecule has 0 unspecified atom stereocenters. The lowest BCUT2D eigenvalue weighted by Gasteiger charge is -2.21. The van der Waals surface area contributed by atoms with Crippen molar-refractivity contribution < 1.29 is 12.8 Å². The number of anilines is 1. The van der Waals surface area contributed by atoms with Gasteiger partial charge < -0.3 is 0 Å². The molecule has 5 nitrogen and oxygen atoms in total. The molecule has 2 aromatic rings. The first-order valence-electron chi connectivity index (χ1n) is 7.75. The van der Waals surface area contributed by atoms with Crippen molar-refractivity contribution in [2.75, 3.05) is 17.6 Å². The fourth-order valence-corrected chi connectivity index (χ4v) is 2.83. The van der Waals surface area contributed by atoms with Gasteiger partial charge in [-0.3, -0.25) is 0 Å². The Kier molecular flexibility index (Phi) is 5.22. The molecule has 0 bridgehead atoms. The Labute approximate surface area is 142 Å². The van der Waals surface area contributed by atoms with Crippen molar-refractivity contribution in [3.05, 3.63) is 41.3 Å². The number of sulfonamides is 1. The number of benzene rings is 1. The molecule has 1 aromatic carbocycles. The maximum absolute atomic E-state index is 13.2. The van der Waals surface area contributed by atoms with E-state index in [1.165, 1.54) is 19.2 Å². The molecule has 0 amide bonds. The second-order valence-electron chi connectivity index (χ2n) is 5.98. The Balaban J connectivity index is 2.76. The maximum atomic E-state index is 13.2. The first-order chi connectivity index (χ1) is 11.1. The molecule has 0 radical (unpaired) electrons. The predicted octanol–water partition coefficient (Wildman–Crippen LogP) is 3.36. The van der Waals surface area contributed by atoms with E-state index in [9.17, 15) is 12.8 Å². The minimum absolute atomic E-state index is 0.105. The maximum Gasteiger partial charge on any atom is 0.239 e. The van der Waals surface area contributed by atoms with Gasteiger partial charge in [-0.2, -0.15) is 0 Å². The van der Waals surface area contributed by atoms with E-state index < -0.39 is 10.0 Å². The molecule has 2 rings (SSSR count). The van der Waals surface area contributed by atoms with Crippen LogP contribution in [0.1, 0.15) is 37.9 Å². The molecule has 0 aliphatic heterocycles. The van der Waals surface area contributed by atoms with E-state index in [2.05, 4.69) is 9.97 Å². The van der Waals surface area contributed by atoms with E-state index in [1.54, 1.807) is 12.1 Å². The standard InChI is InChI=1S/C17H22FN3O2S/c1-6-14-15(11(2)3)19-17(21(4)24(5,22)23)20-16(14)12-7-9-13(18)10-8-12/h7-11H,6H2,1-5H3. The lowest BCUT2D eigenvalue weighted by molar-refractivity contribution is 0.599. The number of hydrogen-bond acceptors (Lipinski definition) is 4. The van der Waals surface area contributed by atoms with E-state index in [0.717, 1.165) is 27.4 Å². The zero-order valence-corrected chi connectivity index (χ0v) is 15.4. The predicted molar refractivity (Wildman–Crippen MR) is 94.1 cm³/mol. The van der Waals surface area contributed by atoms with Crippen molar-refractivity contribution in [2.24, 2.45) is 0 Å². The second-order valence-corrected chi connectivity index (χ2v) is 8.00. The highest BCUT2D eigenvalue weighted by Crippen LogP contribution is 2.30. The summed E-state index contributed by atoms with van der Waals surface area (Å²) in [5.74, 6) is -0.102. The van der Waals surface area contributed by atoms with Gasteiger partial charge in [-0.25, -0.2) is 27.1 Å². The van der Waals surface area contributed by atoms with Crippen LogP contribution in [0.25, 0.3) is 11.3 Å². The Bertz CT molecular complexity index is 834. The highest BCUT2D eigenvalue weighted by Gasteiger charge is 2.22. The molecule has 1 aromatic heterocycles. The molecule has 0 fully saturated rings. The molecule has 0 N–H and O–H groups in total. The summed E-state index contributed by atoms with van der Waals surface area (Å²) in [7, 11) is -2.05. The number of hydrogen-bond donors (Lipinski definition) is 0. The Morgan fingerprint density at radius 3 is 2.21 bits per heavy atom. The minimum atomic E-state index is -3.48. The second kappa shape index (κ2) is 6.84. The summed E-state index contributed by atoms with van der Waals surface area (Å²) in [4.78, 5) is 8.94. The van der Waals surface area contributed by atoms with Gasteiger partial charge in [-0.1, -0.05) is 20.8 Å². The van der Waals surface area contributed by atoms with Gasteiger partial charge in [-0.15, -0.1) is 0 Å². The molecular weight excluding hydrogens is 329 g/mol. The third-order valence-corrected chi connectivity index (χ3v) is 4.98. The Morgan fingerprint density at radius 2 is 1.75 bits per heavy atom. The summed E-state index contributed by atoms with van der Waals surface area (Å²) in [6.07, 6.45) is 1.81. The van der Waals surface area contributed by atoms with Crippen LogP contribution in [0.3, 0.4) is 0 Å². The average Bonchev–Trinajstić information content (AvgIpc) is 2.52. The van der Waals surface area contributed by atoms with Crippen molar-refractivity contribution in [1.29, 1.82) is 0 Å². The molecule has 130 valence electrons. The first kappa shape index (κ1) is 18.3. The summed E-state index contributed by atoms with van der Waals surface area (Å²) in [5, 5.41) is 0. The average molecular weight is 351 g/mol. The summed E-state index contributed by atoms with van der Waals surface area (Å²) < 4.78 is 38.0. The van der Waals surface area contributed by atoms with Crippen LogP contribution >= 0.6 is 0 Å². The fourth-order valence-electron chi connectivity index (χ4n) is 2.45. The summed E-state index contributed by atoms with van der Waals surface area (Å²) >= 11 is 0. The molecule has 0 saturated carbocycles. The van der Waals surface area contributed by atoms with E-state index in [4.69, 9.17) is 0 Å². The van der Waals surface area contributed by atoms with Gasteiger partial charge in [0.2, 0.25) is 16.0 Å². The molecule has 1 heterocycles. The quantitative estimate of drug-likeness (QED) is 0.828. The number of nitrogens with zero attached hydrogens (tertiary/aromatic N) is 3. The van der Waals surface area contributed by atoms with Crippen molar-refractivity contribution >= 4 is 16.0 Å². The van der Waals surface area contributed by atoms with E-state index in [0.29, 0.717) is 12.1 Å². The van der Waals surface area contributed by atoms with Crippen LogP contribution in [-0.2, 0) is 16.4 Å². The zero-order chi connectivity index (χ0) is 18.1. The Hall–Kier alpha value is -2.02. The normalized spacial score (nSPS) is 11.8. The van der Waals surface area contributed by atoms with E-state index in [-0.39, 0.29) is 17.7 Å². The van der Waals surface area contributed by atoms with Gasteiger partial charge in [0.05, 0.1) is 17.6 Å². The van der Waals surface area contributed by atoms with Crippen LogP contribution in [0.5, 0.6) is 0 Å². The number of rotatable bonds is 5. The van der Waals surface area contributed by atoms with Crippen molar-refractivity contribution in [1.82, 2.24) is 9.97 Å². The molecule has 24 heavy (non-hydrogen) atoms. The highest BCUT2D eigenvalue weighted by atomic mass is 32.2. The number of halogens is 1. The fraction of sp³-hybridized carbons (Fsp3) is 0.412. The van der Waals surface area contributed by atoms with E-state index in [1.807, 2.05) is 20.8 Å². The van der Waals surface area contributed by atoms with Crippen LogP contribution in [0.4, 0.5) is 10.3 Å². The van der Waals surface area contributed by atoms with Gasteiger partial charge in [0, 0.05) is 18.2 Å². The molecule has 0 aliphatic carbocycles. The van der Waals surface area contributed by atoms with Crippen molar-refractivity contribution in [3.63, 3.8) is 0 Å². The van der Waals surface area contributed by atoms with Crippen LogP contribution < -0.4 is 4.31 Å². The summed E-state index contributed by atoms with van der Waals surface area (Å²) in [6.45, 7) is 6.00. The van der Waals surface area contributed by atoms with Crippen molar-refractivity contribution in [3.8, 4) is 11.3 Å². The largest absolute Gasteiger partial charge is 0.241 e. The topological polar surface area (TPSA) is 63.2 Å². The monoisotopic (exact) mass is 351 g/mol. The third kappa shape index (κ3) is 3.72. The van der Waals surface area contributed by atoms with Crippen LogP contribution in [0.15, 0.2) is 24.3 Å². The molecule has 0 spiro atoms. The van der Waals surface area contributed by atoms with Gasteiger partial charge in [0.25, 0.3) is 0 Å². The molecule has 0 saturated heterocycles.